The van der Waals surface area contributed by atoms with Gasteiger partial charge in [-0.25, -0.2) is 0 Å². The van der Waals surface area contributed by atoms with Crippen molar-refractivity contribution in [3.8, 4) is 0 Å². The normalized spacial score (nSPS) is 22.1. The van der Waals surface area contributed by atoms with Crippen LogP contribution < -0.4 is 5.73 Å². The van der Waals surface area contributed by atoms with Gasteiger partial charge >= 0.3 is 0 Å². The average molecular weight is 193 g/mol. The van der Waals surface area contributed by atoms with Gasteiger partial charge in [-0.15, -0.1) is 0 Å². The van der Waals surface area contributed by atoms with Gasteiger partial charge in [-0.1, -0.05) is 23.3 Å². The van der Waals surface area contributed by atoms with Crippen LogP contribution in [0.1, 0.15) is 26.2 Å². The van der Waals surface area contributed by atoms with Crippen LogP contribution in [0.3, 0.4) is 0 Å². The zero-order valence-electron chi connectivity index (χ0n) is 8.99. The van der Waals surface area contributed by atoms with E-state index in [9.17, 15) is 0 Å². The molecule has 0 saturated carbocycles. The van der Waals surface area contributed by atoms with Crippen molar-refractivity contribution < 1.29 is 4.74 Å². The van der Waals surface area contributed by atoms with E-state index >= 15 is 0 Å². The van der Waals surface area contributed by atoms with Gasteiger partial charge in [0.15, 0.2) is 0 Å². The summed E-state index contributed by atoms with van der Waals surface area (Å²) in [5.41, 5.74) is 8.55. The second kappa shape index (κ2) is 5.66. The van der Waals surface area contributed by atoms with Crippen molar-refractivity contribution >= 4 is 0 Å². The van der Waals surface area contributed by atoms with E-state index in [0.29, 0.717) is 0 Å². The smallest absolute Gasteiger partial charge is 0.0784 e. The van der Waals surface area contributed by atoms with Crippen molar-refractivity contribution in [2.45, 2.75) is 32.2 Å². The number of methoxy groups -OCH3 is 1. The maximum Gasteiger partial charge on any atom is 0.0784 e. The molecule has 0 amide bonds. The standard InChI is InChI=1S/C12H19NO/c1-10-9-11(6-7-12(10)13)5-3-4-8-14-2/h4,6,8-9,12H,3,5,7,13H2,1-2H3/b8-4-. The molecule has 0 bridgehead atoms. The Hall–Kier alpha value is -1.02. The molecular weight excluding hydrogens is 174 g/mol. The van der Waals surface area contributed by atoms with Gasteiger partial charge < -0.3 is 10.5 Å². The predicted octanol–water partition coefficient (Wildman–Crippen LogP) is 2.53. The Morgan fingerprint density at radius 3 is 3.07 bits per heavy atom. The van der Waals surface area contributed by atoms with E-state index in [0.717, 1.165) is 19.3 Å². The summed E-state index contributed by atoms with van der Waals surface area (Å²) >= 11 is 0. The van der Waals surface area contributed by atoms with E-state index in [2.05, 4.69) is 19.1 Å². The molecule has 0 fully saturated rings. The van der Waals surface area contributed by atoms with E-state index in [-0.39, 0.29) is 6.04 Å². The molecule has 1 atom stereocenters. The van der Waals surface area contributed by atoms with Crippen LogP contribution in [0.25, 0.3) is 0 Å². The van der Waals surface area contributed by atoms with Crippen molar-refractivity contribution in [1.29, 1.82) is 0 Å². The lowest BCUT2D eigenvalue weighted by Crippen LogP contribution is -2.22. The van der Waals surface area contributed by atoms with Crippen LogP contribution in [0.5, 0.6) is 0 Å². The molecule has 0 saturated heterocycles. The van der Waals surface area contributed by atoms with Crippen LogP contribution in [0, 0.1) is 0 Å². The molecule has 0 spiro atoms. The minimum absolute atomic E-state index is 0.230. The molecule has 14 heavy (non-hydrogen) atoms. The number of hydrogen-bond donors (Lipinski definition) is 1. The highest BCUT2D eigenvalue weighted by atomic mass is 16.5. The Bertz CT molecular complexity index is 263. The minimum atomic E-state index is 0.230. The molecule has 1 unspecified atom stereocenters. The zero-order valence-corrected chi connectivity index (χ0v) is 8.99. The summed E-state index contributed by atoms with van der Waals surface area (Å²) in [6.07, 6.45) is 11.3. The van der Waals surface area contributed by atoms with Gasteiger partial charge in [0, 0.05) is 6.04 Å². The molecule has 1 aliphatic rings. The molecule has 0 radical (unpaired) electrons. The summed E-state index contributed by atoms with van der Waals surface area (Å²) in [6, 6.07) is 0.230. The molecule has 0 heterocycles. The Labute approximate surface area is 86.1 Å². The molecule has 0 aromatic heterocycles. The molecule has 2 nitrogen and oxygen atoms in total. The van der Waals surface area contributed by atoms with Crippen LogP contribution in [-0.2, 0) is 4.74 Å². The molecule has 0 aromatic rings. The van der Waals surface area contributed by atoms with Crippen molar-refractivity contribution in [3.63, 3.8) is 0 Å². The van der Waals surface area contributed by atoms with Crippen LogP contribution >= 0.6 is 0 Å². The van der Waals surface area contributed by atoms with E-state index in [4.69, 9.17) is 10.5 Å². The van der Waals surface area contributed by atoms with E-state index in [1.54, 1.807) is 13.4 Å². The topological polar surface area (TPSA) is 35.2 Å². The number of ether oxygens (including phenoxy) is 1. The van der Waals surface area contributed by atoms with Crippen LogP contribution in [0.2, 0.25) is 0 Å². The maximum absolute atomic E-state index is 5.87. The molecule has 0 aliphatic heterocycles. The fraction of sp³-hybridized carbons (Fsp3) is 0.500. The third-order valence-corrected chi connectivity index (χ3v) is 2.46. The number of hydrogen-bond acceptors (Lipinski definition) is 2. The van der Waals surface area contributed by atoms with Crippen molar-refractivity contribution in [3.05, 3.63) is 35.6 Å². The van der Waals surface area contributed by atoms with Crippen molar-refractivity contribution in [1.82, 2.24) is 0 Å². The maximum atomic E-state index is 5.87. The lowest BCUT2D eigenvalue weighted by atomic mass is 9.94. The second-order valence-corrected chi connectivity index (χ2v) is 3.66. The highest BCUT2D eigenvalue weighted by Crippen LogP contribution is 2.19. The summed E-state index contributed by atoms with van der Waals surface area (Å²) in [5.74, 6) is 0. The quantitative estimate of drug-likeness (QED) is 0.696. The summed E-state index contributed by atoms with van der Waals surface area (Å²) in [7, 11) is 1.67. The zero-order chi connectivity index (χ0) is 10.4. The molecule has 1 aliphatic carbocycles. The summed E-state index contributed by atoms with van der Waals surface area (Å²) in [4.78, 5) is 0. The van der Waals surface area contributed by atoms with Crippen molar-refractivity contribution in [2.75, 3.05) is 7.11 Å². The molecule has 78 valence electrons. The van der Waals surface area contributed by atoms with Gasteiger partial charge in [-0.3, -0.25) is 0 Å². The summed E-state index contributed by atoms with van der Waals surface area (Å²) in [6.45, 7) is 2.10. The van der Waals surface area contributed by atoms with E-state index in [1.807, 2.05) is 6.08 Å². The molecule has 0 aromatic carbocycles. The van der Waals surface area contributed by atoms with Crippen molar-refractivity contribution in [2.24, 2.45) is 5.73 Å². The fourth-order valence-electron chi connectivity index (χ4n) is 1.51. The lowest BCUT2D eigenvalue weighted by molar-refractivity contribution is 0.336. The first-order valence-electron chi connectivity index (χ1n) is 5.04. The lowest BCUT2D eigenvalue weighted by Gasteiger charge is -2.16. The third kappa shape index (κ3) is 3.38. The van der Waals surface area contributed by atoms with E-state index in [1.165, 1.54) is 11.1 Å². The van der Waals surface area contributed by atoms with Crippen LogP contribution in [0.15, 0.2) is 35.6 Å². The average Bonchev–Trinajstić information content (AvgIpc) is 2.18. The van der Waals surface area contributed by atoms with Gasteiger partial charge in [-0.2, -0.15) is 0 Å². The van der Waals surface area contributed by atoms with Gasteiger partial charge in [-0.05, 0) is 32.3 Å². The van der Waals surface area contributed by atoms with Gasteiger partial charge in [0.2, 0.25) is 0 Å². The summed E-state index contributed by atoms with van der Waals surface area (Å²) < 4.78 is 4.83. The molecule has 2 N–H and O–H groups in total. The SMILES string of the molecule is CO/C=C\CCC1=CCC(N)C(C)=C1. The first kappa shape index (κ1) is 11.1. The first-order valence-corrected chi connectivity index (χ1v) is 5.04. The molecular formula is C12H19NO. The largest absolute Gasteiger partial charge is 0.505 e. The highest BCUT2D eigenvalue weighted by Gasteiger charge is 2.08. The van der Waals surface area contributed by atoms with Gasteiger partial charge in [0.25, 0.3) is 0 Å². The van der Waals surface area contributed by atoms with E-state index < -0.39 is 0 Å². The summed E-state index contributed by atoms with van der Waals surface area (Å²) in [5, 5.41) is 0. The Morgan fingerprint density at radius 1 is 1.64 bits per heavy atom. The fourth-order valence-corrected chi connectivity index (χ4v) is 1.51. The molecule has 1 rings (SSSR count). The number of rotatable bonds is 4. The number of allylic oxidation sites excluding steroid dienone is 3. The monoisotopic (exact) mass is 193 g/mol. The number of nitrogens with two attached hydrogens (primary N) is 1. The third-order valence-electron chi connectivity index (χ3n) is 2.46. The van der Waals surface area contributed by atoms with Crippen LogP contribution in [-0.4, -0.2) is 13.2 Å². The Balaban J connectivity index is 2.36. The predicted molar refractivity (Wildman–Crippen MR) is 59.8 cm³/mol. The molecule has 2 heteroatoms. The highest BCUT2D eigenvalue weighted by molar-refractivity contribution is 5.30. The van der Waals surface area contributed by atoms with Gasteiger partial charge in [0.05, 0.1) is 13.4 Å². The second-order valence-electron chi connectivity index (χ2n) is 3.66. The van der Waals surface area contributed by atoms with Gasteiger partial charge in [0.1, 0.15) is 0 Å². The van der Waals surface area contributed by atoms with Crippen LogP contribution in [0.4, 0.5) is 0 Å². The first-order chi connectivity index (χ1) is 6.74. The Morgan fingerprint density at radius 2 is 2.43 bits per heavy atom. The minimum Gasteiger partial charge on any atom is -0.505 e. The Kier molecular flexibility index (Phi) is 4.47.